The monoisotopic (exact) mass is 485 g/mol. The van der Waals surface area contributed by atoms with Crippen LogP contribution in [-0.2, 0) is 9.53 Å². The minimum Gasteiger partial charge on any atom is -0.426 e. The minimum absolute atomic E-state index is 0.0855. The van der Waals surface area contributed by atoms with Crippen molar-refractivity contribution in [1.29, 1.82) is 0 Å². The summed E-state index contributed by atoms with van der Waals surface area (Å²) in [4.78, 5) is 29.6. The van der Waals surface area contributed by atoms with Crippen LogP contribution in [0.25, 0.3) is 0 Å². The van der Waals surface area contributed by atoms with Crippen molar-refractivity contribution >= 4 is 31.0 Å². The molecule has 32 heavy (non-hydrogen) atoms. The fraction of sp³-hybridized carbons (Fsp3) is 0.632. The zero-order valence-electron chi connectivity index (χ0n) is 17.3. The van der Waals surface area contributed by atoms with E-state index < -0.39 is 30.0 Å². The number of carbonyl (C=O) groups is 2. The molecule has 1 aliphatic carbocycles. The lowest BCUT2D eigenvalue weighted by atomic mass is 9.91. The molecule has 6 nitrogen and oxygen atoms in total. The molecule has 1 N–H and O–H groups in total. The van der Waals surface area contributed by atoms with Crippen molar-refractivity contribution in [2.45, 2.75) is 37.7 Å². The molecule has 1 aromatic heterocycles. The highest BCUT2D eigenvalue weighted by Gasteiger charge is 2.61. The second kappa shape index (κ2) is 8.68. The number of amides is 2. The molecule has 1 unspecified atom stereocenters. The molecule has 1 saturated carbocycles. The van der Waals surface area contributed by atoms with E-state index in [4.69, 9.17) is 0 Å². The SMILES string of the molecule is CP(C)c1ccc(NC(=O)C2CC23CCN(C(=O)OC(C(F)(F)F)C(F)(F)F)CC3)cn1. The fourth-order valence-electron chi connectivity index (χ4n) is 3.85. The van der Waals surface area contributed by atoms with E-state index in [1.165, 1.54) is 0 Å². The molecule has 178 valence electrons. The van der Waals surface area contributed by atoms with Gasteiger partial charge in [0, 0.05) is 19.0 Å². The van der Waals surface area contributed by atoms with Crippen LogP contribution in [0.3, 0.4) is 0 Å². The van der Waals surface area contributed by atoms with Crippen LogP contribution in [-0.4, -0.2) is 66.8 Å². The number of rotatable bonds is 4. The zero-order chi connectivity index (χ0) is 23.9. The Bertz CT molecular complexity index is 837. The summed E-state index contributed by atoms with van der Waals surface area (Å²) in [7, 11) is -0.364. The van der Waals surface area contributed by atoms with Crippen molar-refractivity contribution < 1.29 is 40.7 Å². The quantitative estimate of drug-likeness (QED) is 0.515. The largest absolute Gasteiger partial charge is 0.434 e. The van der Waals surface area contributed by atoms with Crippen LogP contribution in [0.2, 0.25) is 0 Å². The van der Waals surface area contributed by atoms with Crippen LogP contribution in [0.1, 0.15) is 19.3 Å². The highest BCUT2D eigenvalue weighted by atomic mass is 31.1. The van der Waals surface area contributed by atoms with Gasteiger partial charge in [-0.2, -0.15) is 26.3 Å². The van der Waals surface area contributed by atoms with Crippen LogP contribution in [0.4, 0.5) is 36.8 Å². The summed E-state index contributed by atoms with van der Waals surface area (Å²) in [6.45, 7) is 3.94. The van der Waals surface area contributed by atoms with Gasteiger partial charge in [-0.15, -0.1) is 0 Å². The molecule has 1 spiro atoms. The molecule has 1 aromatic rings. The van der Waals surface area contributed by atoms with E-state index in [-0.39, 0.29) is 45.7 Å². The number of halogens is 6. The third-order valence-corrected chi connectivity index (χ3v) is 6.99. The van der Waals surface area contributed by atoms with E-state index >= 15 is 0 Å². The van der Waals surface area contributed by atoms with Gasteiger partial charge in [-0.3, -0.25) is 9.78 Å². The van der Waals surface area contributed by atoms with Gasteiger partial charge in [-0.05, 0) is 50.1 Å². The molecule has 2 heterocycles. The predicted molar refractivity (Wildman–Crippen MR) is 105 cm³/mol. The highest BCUT2D eigenvalue weighted by molar-refractivity contribution is 7.63. The Labute approximate surface area is 181 Å². The van der Waals surface area contributed by atoms with Crippen LogP contribution in [0.15, 0.2) is 18.3 Å². The first kappa shape index (κ1) is 24.5. The molecular formula is C19H22F6N3O3P. The van der Waals surface area contributed by atoms with E-state index in [1.807, 2.05) is 6.07 Å². The smallest absolute Gasteiger partial charge is 0.426 e. The predicted octanol–water partition coefficient (Wildman–Crippen LogP) is 4.12. The van der Waals surface area contributed by atoms with Crippen molar-refractivity contribution in [3.8, 4) is 0 Å². The lowest BCUT2D eigenvalue weighted by molar-refractivity contribution is -0.308. The van der Waals surface area contributed by atoms with Crippen molar-refractivity contribution in [3.05, 3.63) is 18.3 Å². The zero-order valence-corrected chi connectivity index (χ0v) is 18.2. The third kappa shape index (κ3) is 5.44. The number of alkyl halides is 6. The van der Waals surface area contributed by atoms with Crippen molar-refractivity contribution in [2.75, 3.05) is 31.7 Å². The van der Waals surface area contributed by atoms with Gasteiger partial charge in [-0.1, -0.05) is 7.92 Å². The summed E-state index contributed by atoms with van der Waals surface area (Å²) >= 11 is 0. The molecule has 2 fully saturated rings. The average Bonchev–Trinajstić information content (AvgIpc) is 3.38. The van der Waals surface area contributed by atoms with Crippen molar-refractivity contribution in [2.24, 2.45) is 11.3 Å². The van der Waals surface area contributed by atoms with Gasteiger partial charge in [0.05, 0.1) is 17.3 Å². The molecule has 2 amide bonds. The summed E-state index contributed by atoms with van der Waals surface area (Å²) in [6, 6.07) is 3.59. The Morgan fingerprint density at radius 3 is 2.22 bits per heavy atom. The number of aromatic nitrogens is 1. The molecule has 1 atom stereocenters. The van der Waals surface area contributed by atoms with Crippen molar-refractivity contribution in [3.63, 3.8) is 0 Å². The maximum absolute atomic E-state index is 12.6. The summed E-state index contributed by atoms with van der Waals surface area (Å²) in [5.41, 5.74) is 1.07. The van der Waals surface area contributed by atoms with Crippen LogP contribution in [0.5, 0.6) is 0 Å². The van der Waals surface area contributed by atoms with Gasteiger partial charge in [0.1, 0.15) is 0 Å². The summed E-state index contributed by atoms with van der Waals surface area (Å²) in [5.74, 6) is -0.562. The molecule has 0 aromatic carbocycles. The number of anilines is 1. The topological polar surface area (TPSA) is 71.5 Å². The summed E-state index contributed by atoms with van der Waals surface area (Å²) < 4.78 is 79.3. The maximum Gasteiger partial charge on any atom is 0.434 e. The van der Waals surface area contributed by atoms with E-state index in [0.717, 1.165) is 10.3 Å². The number of nitrogens with one attached hydrogen (secondary N) is 1. The second-order valence-corrected chi connectivity index (χ2v) is 10.5. The summed E-state index contributed by atoms with van der Waals surface area (Å²) in [6.07, 6.45) is -14.7. The van der Waals surface area contributed by atoms with Crippen LogP contribution in [0, 0.1) is 11.3 Å². The van der Waals surface area contributed by atoms with E-state index in [2.05, 4.69) is 28.4 Å². The fourth-order valence-corrected chi connectivity index (χ4v) is 4.52. The number of piperidine rings is 1. The van der Waals surface area contributed by atoms with E-state index in [1.54, 1.807) is 12.3 Å². The molecule has 1 saturated heterocycles. The average molecular weight is 485 g/mol. The molecule has 0 bridgehead atoms. The number of likely N-dealkylation sites (tertiary alicyclic amines) is 1. The highest BCUT2D eigenvalue weighted by Crippen LogP contribution is 2.59. The Morgan fingerprint density at radius 2 is 1.75 bits per heavy atom. The Kier molecular flexibility index (Phi) is 6.66. The Balaban J connectivity index is 1.52. The molecule has 0 radical (unpaired) electrons. The molecule has 3 rings (SSSR count). The van der Waals surface area contributed by atoms with E-state index in [9.17, 15) is 35.9 Å². The maximum atomic E-state index is 12.6. The molecule has 13 heteroatoms. The van der Waals surface area contributed by atoms with Gasteiger partial charge in [-0.25, -0.2) is 4.79 Å². The van der Waals surface area contributed by atoms with Gasteiger partial charge < -0.3 is 15.0 Å². The number of hydrogen-bond donors (Lipinski definition) is 1. The molecular weight excluding hydrogens is 463 g/mol. The first-order valence-electron chi connectivity index (χ1n) is 9.76. The number of hydrogen-bond acceptors (Lipinski definition) is 4. The molecule has 1 aliphatic heterocycles. The second-order valence-electron chi connectivity index (χ2n) is 8.24. The Morgan fingerprint density at radius 1 is 1.16 bits per heavy atom. The van der Waals surface area contributed by atoms with Crippen LogP contribution >= 0.6 is 7.92 Å². The minimum atomic E-state index is -5.76. The Hall–Kier alpha value is -2.10. The van der Waals surface area contributed by atoms with Gasteiger partial charge >= 0.3 is 18.4 Å². The standard InChI is InChI=1S/C19H22F6N3O3P/c1-32(2)13-4-3-11(10-26-13)27-14(29)12-9-17(12)5-7-28(8-6-17)16(30)31-15(18(20,21)22)19(23,24)25/h3-4,10,12,15H,5-9H2,1-2H3,(H,27,29). The first-order valence-corrected chi connectivity index (χ1v) is 12.0. The third-order valence-electron chi connectivity index (χ3n) is 5.81. The van der Waals surface area contributed by atoms with Crippen molar-refractivity contribution in [1.82, 2.24) is 9.88 Å². The first-order chi connectivity index (χ1) is 14.7. The van der Waals surface area contributed by atoms with Gasteiger partial charge in [0.25, 0.3) is 6.10 Å². The van der Waals surface area contributed by atoms with Gasteiger partial charge in [0.15, 0.2) is 0 Å². The van der Waals surface area contributed by atoms with Gasteiger partial charge in [0.2, 0.25) is 5.91 Å². The van der Waals surface area contributed by atoms with E-state index in [0.29, 0.717) is 12.1 Å². The number of carbonyl (C=O) groups excluding carboxylic acids is 2. The lowest BCUT2D eigenvalue weighted by Gasteiger charge is -2.33. The lowest BCUT2D eigenvalue weighted by Crippen LogP contribution is -2.49. The number of pyridine rings is 1. The number of nitrogens with zero attached hydrogens (tertiary/aromatic N) is 2. The van der Waals surface area contributed by atoms with Crippen LogP contribution < -0.4 is 10.8 Å². The summed E-state index contributed by atoms with van der Waals surface area (Å²) in [5, 5.41) is 2.79. The molecule has 2 aliphatic rings. The number of ether oxygens (including phenoxy) is 1. The normalized spacial score (nSPS) is 20.6.